The molecule has 3 N–H and O–H groups in total. The van der Waals surface area contributed by atoms with Crippen LogP contribution in [-0.4, -0.2) is 9.91 Å². The lowest BCUT2D eigenvalue weighted by atomic mass is 10.3. The van der Waals surface area contributed by atoms with E-state index in [1.54, 1.807) is 18.6 Å². The monoisotopic (exact) mass is 234 g/mol. The maximum atomic E-state index is 10.6. The zero-order valence-corrected chi connectivity index (χ0v) is 8.79. The van der Waals surface area contributed by atoms with Crippen LogP contribution in [0.4, 0.5) is 17.3 Å². The molecule has 0 bridgehead atoms. The summed E-state index contributed by atoms with van der Waals surface area (Å²) in [6.45, 7) is 0.462. The highest BCUT2D eigenvalue weighted by atomic mass is 16.6. The molecule has 2 aromatic heterocycles. The van der Waals surface area contributed by atoms with E-state index < -0.39 is 4.92 Å². The summed E-state index contributed by atoms with van der Waals surface area (Å²) in [5.74, 6) is 0.465. The molecule has 0 aliphatic heterocycles. The largest absolute Gasteiger partial charge is 0.472 e. The van der Waals surface area contributed by atoms with E-state index in [-0.39, 0.29) is 11.5 Å². The van der Waals surface area contributed by atoms with Crippen LogP contribution in [0.5, 0.6) is 0 Å². The molecule has 0 aliphatic carbocycles. The zero-order chi connectivity index (χ0) is 12.3. The van der Waals surface area contributed by atoms with Crippen molar-refractivity contribution in [3.63, 3.8) is 0 Å². The van der Waals surface area contributed by atoms with Gasteiger partial charge in [-0.1, -0.05) is 0 Å². The minimum Gasteiger partial charge on any atom is -0.472 e. The Hall–Kier alpha value is -2.57. The number of furan rings is 1. The van der Waals surface area contributed by atoms with Gasteiger partial charge in [-0.25, -0.2) is 4.98 Å². The quantitative estimate of drug-likeness (QED) is 0.616. The van der Waals surface area contributed by atoms with Gasteiger partial charge in [0, 0.05) is 12.1 Å². The van der Waals surface area contributed by atoms with Crippen LogP contribution in [0.2, 0.25) is 0 Å². The van der Waals surface area contributed by atoms with Gasteiger partial charge < -0.3 is 15.5 Å². The van der Waals surface area contributed by atoms with E-state index in [4.69, 9.17) is 10.2 Å². The zero-order valence-electron chi connectivity index (χ0n) is 8.79. The molecule has 0 atom stereocenters. The van der Waals surface area contributed by atoms with Gasteiger partial charge >= 0.3 is 0 Å². The lowest BCUT2D eigenvalue weighted by Crippen LogP contribution is -2.03. The van der Waals surface area contributed by atoms with Gasteiger partial charge in [-0.3, -0.25) is 10.1 Å². The number of nitrogens with two attached hydrogens (primary N) is 1. The van der Waals surface area contributed by atoms with Gasteiger partial charge in [0.1, 0.15) is 11.6 Å². The first-order valence-corrected chi connectivity index (χ1v) is 4.82. The fourth-order valence-electron chi connectivity index (χ4n) is 1.32. The average molecular weight is 234 g/mol. The molecule has 2 rings (SSSR count). The van der Waals surface area contributed by atoms with Gasteiger partial charge in [-0.2, -0.15) is 0 Å². The van der Waals surface area contributed by atoms with Crippen LogP contribution in [-0.2, 0) is 6.54 Å². The first-order chi connectivity index (χ1) is 8.15. The molecule has 17 heavy (non-hydrogen) atoms. The van der Waals surface area contributed by atoms with E-state index in [0.717, 1.165) is 5.56 Å². The first kappa shape index (κ1) is 10.9. The van der Waals surface area contributed by atoms with Gasteiger partial charge in [-0.05, 0) is 6.07 Å². The number of hydrogen-bond donors (Lipinski definition) is 2. The van der Waals surface area contributed by atoms with E-state index in [1.165, 1.54) is 12.1 Å². The molecular formula is C10H10N4O3. The van der Waals surface area contributed by atoms with E-state index in [9.17, 15) is 10.1 Å². The van der Waals surface area contributed by atoms with E-state index in [0.29, 0.717) is 12.4 Å². The highest BCUT2D eigenvalue weighted by Gasteiger charge is 2.09. The molecule has 2 aromatic rings. The molecule has 0 saturated carbocycles. The van der Waals surface area contributed by atoms with Crippen molar-refractivity contribution in [2.45, 2.75) is 6.54 Å². The molecule has 7 heteroatoms. The molecule has 0 unspecified atom stereocenters. The van der Waals surface area contributed by atoms with E-state index in [2.05, 4.69) is 10.3 Å². The number of pyridine rings is 1. The third-order valence-corrected chi connectivity index (χ3v) is 2.09. The number of rotatable bonds is 4. The molecule has 0 radical (unpaired) electrons. The molecule has 0 aromatic carbocycles. The second-order valence-electron chi connectivity index (χ2n) is 3.38. The van der Waals surface area contributed by atoms with Crippen molar-refractivity contribution in [2.75, 3.05) is 11.1 Å². The molecule has 2 heterocycles. The van der Waals surface area contributed by atoms with E-state index >= 15 is 0 Å². The number of nitro groups is 1. The van der Waals surface area contributed by atoms with Gasteiger partial charge in [0.2, 0.25) is 0 Å². The number of nitrogens with zero attached hydrogens (tertiary/aromatic N) is 2. The van der Waals surface area contributed by atoms with Crippen LogP contribution < -0.4 is 11.1 Å². The summed E-state index contributed by atoms with van der Waals surface area (Å²) in [5.41, 5.74) is 6.30. The lowest BCUT2D eigenvalue weighted by molar-refractivity contribution is -0.384. The summed E-state index contributed by atoms with van der Waals surface area (Å²) in [6.07, 6.45) is 3.12. The summed E-state index contributed by atoms with van der Waals surface area (Å²) >= 11 is 0. The minimum absolute atomic E-state index is 0.0906. The Balaban J connectivity index is 2.13. The number of nitrogens with one attached hydrogen (secondary N) is 1. The number of hydrogen-bond acceptors (Lipinski definition) is 6. The van der Waals surface area contributed by atoms with Crippen LogP contribution in [0.25, 0.3) is 0 Å². The number of anilines is 2. The second-order valence-corrected chi connectivity index (χ2v) is 3.38. The first-order valence-electron chi connectivity index (χ1n) is 4.82. The Morgan fingerprint density at radius 2 is 2.35 bits per heavy atom. The summed E-state index contributed by atoms with van der Waals surface area (Å²) < 4.78 is 4.90. The van der Waals surface area contributed by atoms with Gasteiger partial charge in [0.05, 0.1) is 29.6 Å². The molecule has 88 valence electrons. The van der Waals surface area contributed by atoms with Crippen molar-refractivity contribution >= 4 is 17.3 Å². The van der Waals surface area contributed by atoms with Crippen molar-refractivity contribution in [2.24, 2.45) is 0 Å². The lowest BCUT2D eigenvalue weighted by Gasteiger charge is -2.04. The van der Waals surface area contributed by atoms with Crippen LogP contribution in [0.3, 0.4) is 0 Å². The van der Waals surface area contributed by atoms with Gasteiger partial charge in [-0.15, -0.1) is 0 Å². The van der Waals surface area contributed by atoms with Crippen molar-refractivity contribution in [3.05, 3.63) is 46.4 Å². The number of nitrogen functional groups attached to an aromatic ring is 1. The van der Waals surface area contributed by atoms with Gasteiger partial charge in [0.25, 0.3) is 5.69 Å². The van der Waals surface area contributed by atoms with Crippen molar-refractivity contribution in [3.8, 4) is 0 Å². The third-order valence-electron chi connectivity index (χ3n) is 2.09. The van der Waals surface area contributed by atoms with Crippen molar-refractivity contribution in [1.29, 1.82) is 0 Å². The molecule has 0 fully saturated rings. The standard InChI is InChI=1S/C10H10N4O3/c11-9-3-8(14(15)16)4-10(13-9)12-5-7-1-2-17-6-7/h1-4,6H,5H2,(H3,11,12,13). The second kappa shape index (κ2) is 4.52. The highest BCUT2D eigenvalue weighted by Crippen LogP contribution is 2.19. The Bertz CT molecular complexity index is 524. The van der Waals surface area contributed by atoms with Crippen LogP contribution in [0, 0.1) is 10.1 Å². The van der Waals surface area contributed by atoms with E-state index in [1.807, 2.05) is 0 Å². The topological polar surface area (TPSA) is 107 Å². The predicted molar refractivity (Wildman–Crippen MR) is 61.3 cm³/mol. The molecule has 7 nitrogen and oxygen atoms in total. The Morgan fingerprint density at radius 1 is 1.53 bits per heavy atom. The summed E-state index contributed by atoms with van der Waals surface area (Å²) in [5, 5.41) is 13.5. The van der Waals surface area contributed by atoms with Gasteiger partial charge in [0.15, 0.2) is 0 Å². The fraction of sp³-hybridized carbons (Fsp3) is 0.100. The molecule has 0 amide bonds. The maximum Gasteiger partial charge on any atom is 0.276 e. The maximum absolute atomic E-state index is 10.6. The number of aromatic nitrogens is 1. The molecule has 0 aliphatic rings. The summed E-state index contributed by atoms with van der Waals surface area (Å²) in [6, 6.07) is 4.33. The normalized spacial score (nSPS) is 10.1. The predicted octanol–water partition coefficient (Wildman–Crippen LogP) is 1.78. The van der Waals surface area contributed by atoms with Crippen LogP contribution >= 0.6 is 0 Å². The van der Waals surface area contributed by atoms with Crippen LogP contribution in [0.15, 0.2) is 35.1 Å². The minimum atomic E-state index is -0.513. The average Bonchev–Trinajstić information content (AvgIpc) is 2.78. The molecule has 0 spiro atoms. The third kappa shape index (κ3) is 2.71. The summed E-state index contributed by atoms with van der Waals surface area (Å²) in [7, 11) is 0. The van der Waals surface area contributed by atoms with Crippen molar-refractivity contribution < 1.29 is 9.34 Å². The van der Waals surface area contributed by atoms with Crippen LogP contribution in [0.1, 0.15) is 5.56 Å². The fourth-order valence-corrected chi connectivity index (χ4v) is 1.32. The molecule has 0 saturated heterocycles. The Kier molecular flexibility index (Phi) is 2.91. The molecular weight excluding hydrogens is 224 g/mol. The summed E-state index contributed by atoms with van der Waals surface area (Å²) in [4.78, 5) is 14.1. The van der Waals surface area contributed by atoms with Crippen molar-refractivity contribution in [1.82, 2.24) is 4.98 Å². The SMILES string of the molecule is Nc1cc([N+](=O)[O-])cc(NCc2ccoc2)n1. The highest BCUT2D eigenvalue weighted by molar-refractivity contribution is 5.52. The Morgan fingerprint density at radius 3 is 3.00 bits per heavy atom. The Labute approximate surface area is 96.4 Å². The smallest absolute Gasteiger partial charge is 0.276 e.